The van der Waals surface area contributed by atoms with E-state index in [0.717, 1.165) is 17.5 Å². The molecule has 0 spiro atoms. The van der Waals surface area contributed by atoms with Crippen molar-refractivity contribution in [2.45, 2.75) is 40.2 Å². The number of hydrogen-bond acceptors (Lipinski definition) is 2. The van der Waals surface area contributed by atoms with Crippen molar-refractivity contribution in [3.8, 4) is 11.8 Å². The van der Waals surface area contributed by atoms with E-state index in [-0.39, 0.29) is 18.6 Å². The van der Waals surface area contributed by atoms with Gasteiger partial charge in [-0.15, -0.1) is 0 Å². The van der Waals surface area contributed by atoms with Gasteiger partial charge in [-0.25, -0.2) is 0 Å². The molecule has 108 valence electrons. The van der Waals surface area contributed by atoms with Crippen LogP contribution in [0.4, 0.5) is 0 Å². The summed E-state index contributed by atoms with van der Waals surface area (Å²) in [7, 11) is 0. The van der Waals surface area contributed by atoms with Crippen molar-refractivity contribution in [2.24, 2.45) is 0 Å². The summed E-state index contributed by atoms with van der Waals surface area (Å²) < 4.78 is 0. The Morgan fingerprint density at radius 3 is 2.65 bits per heavy atom. The topological polar surface area (TPSA) is 40.5 Å². The zero-order chi connectivity index (χ0) is 15.1. The lowest BCUT2D eigenvalue weighted by molar-refractivity contribution is 0.0699. The fourth-order valence-corrected chi connectivity index (χ4v) is 2.17. The van der Waals surface area contributed by atoms with Crippen LogP contribution < -0.4 is 0 Å². The van der Waals surface area contributed by atoms with Crippen molar-refractivity contribution in [2.75, 3.05) is 13.2 Å². The summed E-state index contributed by atoms with van der Waals surface area (Å²) in [5.74, 6) is 5.56. The van der Waals surface area contributed by atoms with Gasteiger partial charge in [0, 0.05) is 23.7 Å². The minimum atomic E-state index is -0.175. The Morgan fingerprint density at radius 1 is 1.40 bits per heavy atom. The lowest BCUT2D eigenvalue weighted by Gasteiger charge is -2.28. The Bertz CT molecular complexity index is 526. The van der Waals surface area contributed by atoms with E-state index >= 15 is 0 Å². The Hall–Kier alpha value is -1.79. The standard InChI is InChI=1S/C17H23NO2/c1-5-13(3)18(6-2)17(20)16-11-7-9-15(14(16)4)10-8-12-19/h7,9,11,13,19H,5-6,12H2,1-4H3. The number of rotatable bonds is 4. The second-order valence-electron chi connectivity index (χ2n) is 4.79. The highest BCUT2D eigenvalue weighted by Crippen LogP contribution is 2.17. The number of carbonyl (C=O) groups excluding carboxylic acids is 1. The van der Waals surface area contributed by atoms with Crippen LogP contribution in [-0.2, 0) is 0 Å². The van der Waals surface area contributed by atoms with Gasteiger partial charge in [-0.05, 0) is 44.9 Å². The molecule has 0 aliphatic carbocycles. The lowest BCUT2D eigenvalue weighted by Crippen LogP contribution is -2.38. The van der Waals surface area contributed by atoms with E-state index in [1.807, 2.05) is 36.9 Å². The van der Waals surface area contributed by atoms with E-state index in [1.165, 1.54) is 0 Å². The molecule has 1 amide bonds. The summed E-state index contributed by atoms with van der Waals surface area (Å²) in [4.78, 5) is 14.5. The van der Waals surface area contributed by atoms with E-state index in [0.29, 0.717) is 12.1 Å². The zero-order valence-corrected chi connectivity index (χ0v) is 12.7. The summed E-state index contributed by atoms with van der Waals surface area (Å²) in [6.07, 6.45) is 0.933. The molecule has 0 heterocycles. The van der Waals surface area contributed by atoms with Gasteiger partial charge in [-0.2, -0.15) is 0 Å². The van der Waals surface area contributed by atoms with Crippen molar-refractivity contribution < 1.29 is 9.90 Å². The van der Waals surface area contributed by atoms with Crippen molar-refractivity contribution in [1.82, 2.24) is 4.90 Å². The third-order valence-electron chi connectivity index (χ3n) is 3.59. The fraction of sp³-hybridized carbons (Fsp3) is 0.471. The van der Waals surface area contributed by atoms with Gasteiger partial charge in [-0.3, -0.25) is 4.79 Å². The van der Waals surface area contributed by atoms with Gasteiger partial charge in [0.2, 0.25) is 0 Å². The molecule has 0 aromatic heterocycles. The van der Waals surface area contributed by atoms with Crippen molar-refractivity contribution in [3.63, 3.8) is 0 Å². The second-order valence-corrected chi connectivity index (χ2v) is 4.79. The van der Waals surface area contributed by atoms with Crippen LogP contribution in [0.25, 0.3) is 0 Å². The Balaban J connectivity index is 3.16. The first-order valence-electron chi connectivity index (χ1n) is 7.07. The van der Waals surface area contributed by atoms with Gasteiger partial charge in [0.05, 0.1) is 0 Å². The smallest absolute Gasteiger partial charge is 0.254 e. The molecule has 0 bridgehead atoms. The minimum Gasteiger partial charge on any atom is -0.384 e. The van der Waals surface area contributed by atoms with Crippen LogP contribution in [0.1, 0.15) is 48.7 Å². The van der Waals surface area contributed by atoms with Crippen LogP contribution in [0, 0.1) is 18.8 Å². The molecule has 1 atom stereocenters. The predicted octanol–water partition coefficient (Wildman–Crippen LogP) is 2.60. The van der Waals surface area contributed by atoms with Crippen LogP contribution in [0.5, 0.6) is 0 Å². The van der Waals surface area contributed by atoms with E-state index in [4.69, 9.17) is 5.11 Å². The maximum Gasteiger partial charge on any atom is 0.254 e. The van der Waals surface area contributed by atoms with Gasteiger partial charge in [0.15, 0.2) is 0 Å². The number of hydrogen-bond donors (Lipinski definition) is 1. The molecular weight excluding hydrogens is 250 g/mol. The summed E-state index contributed by atoms with van der Waals surface area (Å²) in [5, 5.41) is 8.78. The van der Waals surface area contributed by atoms with Crippen LogP contribution in [-0.4, -0.2) is 35.1 Å². The molecule has 0 saturated carbocycles. The van der Waals surface area contributed by atoms with E-state index < -0.39 is 0 Å². The molecule has 1 rings (SSSR count). The molecule has 3 heteroatoms. The molecule has 0 aliphatic heterocycles. The molecule has 0 fully saturated rings. The molecule has 1 unspecified atom stereocenters. The summed E-state index contributed by atoms with van der Waals surface area (Å²) in [6, 6.07) is 5.77. The summed E-state index contributed by atoms with van der Waals surface area (Å²) in [6.45, 7) is 8.56. The first-order chi connectivity index (χ1) is 9.56. The normalized spacial score (nSPS) is 11.4. The van der Waals surface area contributed by atoms with Gasteiger partial charge in [-0.1, -0.05) is 24.8 Å². The molecule has 0 aliphatic rings. The number of benzene rings is 1. The van der Waals surface area contributed by atoms with E-state index in [9.17, 15) is 4.79 Å². The molecule has 20 heavy (non-hydrogen) atoms. The number of nitrogens with zero attached hydrogens (tertiary/aromatic N) is 1. The first kappa shape index (κ1) is 16.3. The van der Waals surface area contributed by atoms with Crippen molar-refractivity contribution >= 4 is 5.91 Å². The number of aliphatic hydroxyl groups excluding tert-OH is 1. The number of aliphatic hydroxyl groups is 1. The summed E-state index contributed by atoms with van der Waals surface area (Å²) in [5.41, 5.74) is 2.36. The Labute approximate surface area is 121 Å². The number of amides is 1. The largest absolute Gasteiger partial charge is 0.384 e. The molecule has 3 nitrogen and oxygen atoms in total. The van der Waals surface area contributed by atoms with Crippen molar-refractivity contribution in [3.05, 3.63) is 34.9 Å². The maximum atomic E-state index is 12.7. The highest BCUT2D eigenvalue weighted by Gasteiger charge is 2.20. The van der Waals surface area contributed by atoms with Gasteiger partial charge in [0.1, 0.15) is 6.61 Å². The van der Waals surface area contributed by atoms with Crippen molar-refractivity contribution in [1.29, 1.82) is 0 Å². The molecule has 0 saturated heterocycles. The third-order valence-corrected chi connectivity index (χ3v) is 3.59. The van der Waals surface area contributed by atoms with Gasteiger partial charge < -0.3 is 10.0 Å². The monoisotopic (exact) mass is 273 g/mol. The number of carbonyl (C=O) groups is 1. The zero-order valence-electron chi connectivity index (χ0n) is 12.7. The lowest BCUT2D eigenvalue weighted by atomic mass is 10.0. The molecule has 0 radical (unpaired) electrons. The van der Waals surface area contributed by atoms with Crippen LogP contribution >= 0.6 is 0 Å². The first-order valence-corrected chi connectivity index (χ1v) is 7.07. The highest BCUT2D eigenvalue weighted by atomic mass is 16.2. The predicted molar refractivity (Wildman–Crippen MR) is 81.6 cm³/mol. The molecule has 1 N–H and O–H groups in total. The average molecular weight is 273 g/mol. The summed E-state index contributed by atoms with van der Waals surface area (Å²) >= 11 is 0. The average Bonchev–Trinajstić information content (AvgIpc) is 2.46. The maximum absolute atomic E-state index is 12.7. The fourth-order valence-electron chi connectivity index (χ4n) is 2.17. The second kappa shape index (κ2) is 7.72. The van der Waals surface area contributed by atoms with E-state index in [1.54, 1.807) is 0 Å². The minimum absolute atomic E-state index is 0.0481. The van der Waals surface area contributed by atoms with E-state index in [2.05, 4.69) is 25.7 Å². The molecular formula is C17H23NO2. The van der Waals surface area contributed by atoms with Gasteiger partial charge >= 0.3 is 0 Å². The molecule has 1 aromatic carbocycles. The Morgan fingerprint density at radius 2 is 2.10 bits per heavy atom. The van der Waals surface area contributed by atoms with Crippen LogP contribution in [0.2, 0.25) is 0 Å². The molecule has 1 aromatic rings. The highest BCUT2D eigenvalue weighted by molar-refractivity contribution is 5.96. The van der Waals surface area contributed by atoms with Crippen LogP contribution in [0.15, 0.2) is 18.2 Å². The van der Waals surface area contributed by atoms with Gasteiger partial charge in [0.25, 0.3) is 5.91 Å². The quantitative estimate of drug-likeness (QED) is 0.857. The third kappa shape index (κ3) is 3.61. The SMILES string of the molecule is CCC(C)N(CC)C(=O)c1cccc(C#CCO)c1C. The van der Waals surface area contributed by atoms with Crippen LogP contribution in [0.3, 0.4) is 0 Å². The Kier molecular flexibility index (Phi) is 6.27.